The Balaban J connectivity index is 1.47. The number of rotatable bonds is 3. The van der Waals surface area contributed by atoms with Gasteiger partial charge in [0, 0.05) is 16.8 Å². The molecule has 9 aromatic rings. The first-order valence-electron chi connectivity index (χ1n) is 13.6. The molecule has 0 radical (unpaired) electrons. The standard InChI is InChI=1S/C37H22NOP/c39-40(33-9-1-2-22-38-33,31-20-16-27-12-10-23-5-3-7-25-14-18-29(31)36(27)34(23)25)32-21-17-28-13-11-24-6-4-8-26-15-19-30(32)37(28)35(24)26/h1-22H. The Kier molecular flexibility index (Phi) is 4.35. The first-order valence-corrected chi connectivity index (χ1v) is 15.3. The van der Waals surface area contributed by atoms with Crippen LogP contribution in [0.2, 0.25) is 0 Å². The van der Waals surface area contributed by atoms with Gasteiger partial charge in [0.2, 0.25) is 0 Å². The summed E-state index contributed by atoms with van der Waals surface area (Å²) in [5, 5.41) is 15.6. The molecule has 0 amide bonds. The zero-order valence-corrected chi connectivity index (χ0v) is 22.4. The van der Waals surface area contributed by atoms with Crippen molar-refractivity contribution in [2.24, 2.45) is 0 Å². The molecule has 0 bridgehead atoms. The summed E-state index contributed by atoms with van der Waals surface area (Å²) >= 11 is 0. The van der Waals surface area contributed by atoms with E-state index < -0.39 is 7.14 Å². The molecular weight excluding hydrogens is 505 g/mol. The minimum Gasteiger partial charge on any atom is -0.307 e. The van der Waals surface area contributed by atoms with Gasteiger partial charge < -0.3 is 4.57 Å². The van der Waals surface area contributed by atoms with Crippen LogP contribution in [0.15, 0.2) is 134 Å². The minimum atomic E-state index is -3.40. The van der Waals surface area contributed by atoms with Gasteiger partial charge >= 0.3 is 0 Å². The van der Waals surface area contributed by atoms with E-state index in [9.17, 15) is 0 Å². The maximum atomic E-state index is 16.0. The molecule has 0 atom stereocenters. The Bertz CT molecular complexity index is 2280. The number of hydrogen-bond acceptors (Lipinski definition) is 2. The fraction of sp³-hybridized carbons (Fsp3) is 0. The van der Waals surface area contributed by atoms with Gasteiger partial charge in [-0.3, -0.25) is 4.98 Å². The normalized spacial score (nSPS) is 12.6. The highest BCUT2D eigenvalue weighted by Gasteiger charge is 2.35. The highest BCUT2D eigenvalue weighted by molar-refractivity contribution is 7.86. The van der Waals surface area contributed by atoms with Crippen molar-refractivity contribution in [1.82, 2.24) is 4.98 Å². The maximum Gasteiger partial charge on any atom is 0.189 e. The van der Waals surface area contributed by atoms with Crippen molar-refractivity contribution in [2.75, 3.05) is 0 Å². The molecule has 1 aromatic heterocycles. The van der Waals surface area contributed by atoms with Crippen LogP contribution in [-0.4, -0.2) is 4.98 Å². The Hall–Kier alpha value is -4.78. The van der Waals surface area contributed by atoms with E-state index in [2.05, 4.69) is 109 Å². The SMILES string of the molecule is O=P(c1ccccn1)(c1ccc2ccc3cccc4ccc1c2c34)c1ccc2ccc3cccc4ccc1c2c34. The van der Waals surface area contributed by atoms with Gasteiger partial charge in [0.15, 0.2) is 7.14 Å². The Morgan fingerprint density at radius 3 is 1.27 bits per heavy atom. The van der Waals surface area contributed by atoms with Crippen LogP contribution in [0.4, 0.5) is 0 Å². The lowest BCUT2D eigenvalue weighted by Gasteiger charge is -2.24. The number of aromatic nitrogens is 1. The molecule has 0 unspecified atom stereocenters. The number of pyridine rings is 1. The van der Waals surface area contributed by atoms with E-state index in [1.807, 2.05) is 18.2 Å². The minimum absolute atomic E-state index is 0.611. The molecule has 1 heterocycles. The van der Waals surface area contributed by atoms with Gasteiger partial charge in [-0.1, -0.05) is 103 Å². The molecule has 0 spiro atoms. The van der Waals surface area contributed by atoms with Crippen molar-refractivity contribution in [2.45, 2.75) is 0 Å². The summed E-state index contributed by atoms with van der Waals surface area (Å²) in [5.74, 6) is 0. The van der Waals surface area contributed by atoms with Crippen molar-refractivity contribution >= 4 is 87.8 Å². The molecule has 0 aliphatic heterocycles. The molecule has 8 aromatic carbocycles. The predicted octanol–water partition coefficient (Wildman–Crippen LogP) is 8.52. The molecule has 9 rings (SSSR count). The van der Waals surface area contributed by atoms with E-state index in [-0.39, 0.29) is 0 Å². The van der Waals surface area contributed by atoms with E-state index >= 15 is 4.57 Å². The molecule has 0 aliphatic carbocycles. The predicted molar refractivity (Wildman–Crippen MR) is 171 cm³/mol. The van der Waals surface area contributed by atoms with Crippen LogP contribution < -0.4 is 16.0 Å². The van der Waals surface area contributed by atoms with Crippen molar-refractivity contribution in [3.05, 3.63) is 134 Å². The van der Waals surface area contributed by atoms with Crippen LogP contribution >= 0.6 is 7.14 Å². The Morgan fingerprint density at radius 2 is 0.825 bits per heavy atom. The van der Waals surface area contributed by atoms with Gasteiger partial charge in [-0.15, -0.1) is 0 Å². The number of nitrogens with zero attached hydrogens (tertiary/aromatic N) is 1. The molecule has 2 nitrogen and oxygen atoms in total. The van der Waals surface area contributed by atoms with Crippen molar-refractivity contribution in [3.8, 4) is 0 Å². The third kappa shape index (κ3) is 2.79. The third-order valence-corrected chi connectivity index (χ3v) is 11.7. The van der Waals surface area contributed by atoms with E-state index in [0.29, 0.717) is 5.44 Å². The van der Waals surface area contributed by atoms with Crippen LogP contribution in [0.1, 0.15) is 0 Å². The number of hydrogen-bond donors (Lipinski definition) is 0. The lowest BCUT2D eigenvalue weighted by atomic mass is 9.94. The summed E-state index contributed by atoms with van der Waals surface area (Å²) in [7, 11) is -3.40. The third-order valence-electron chi connectivity index (χ3n) is 8.66. The summed E-state index contributed by atoms with van der Waals surface area (Å²) in [4.78, 5) is 4.76. The van der Waals surface area contributed by atoms with Gasteiger partial charge in [0.25, 0.3) is 0 Å². The molecule has 3 heteroatoms. The lowest BCUT2D eigenvalue weighted by Crippen LogP contribution is -2.28. The van der Waals surface area contributed by atoms with E-state index in [4.69, 9.17) is 4.98 Å². The van der Waals surface area contributed by atoms with Gasteiger partial charge in [-0.2, -0.15) is 0 Å². The molecule has 40 heavy (non-hydrogen) atoms. The second-order valence-corrected chi connectivity index (χ2v) is 13.3. The molecule has 0 saturated carbocycles. The highest BCUT2D eigenvalue weighted by atomic mass is 31.2. The smallest absolute Gasteiger partial charge is 0.189 e. The molecule has 0 saturated heterocycles. The van der Waals surface area contributed by atoms with Crippen molar-refractivity contribution in [3.63, 3.8) is 0 Å². The highest BCUT2D eigenvalue weighted by Crippen LogP contribution is 2.48. The van der Waals surface area contributed by atoms with Gasteiger partial charge in [0.05, 0.1) is 0 Å². The molecular formula is C37H22NOP. The van der Waals surface area contributed by atoms with Crippen molar-refractivity contribution < 1.29 is 4.57 Å². The molecule has 186 valence electrons. The van der Waals surface area contributed by atoms with Gasteiger partial charge in [0.1, 0.15) is 5.44 Å². The number of benzene rings is 8. The topological polar surface area (TPSA) is 30.0 Å². The lowest BCUT2D eigenvalue weighted by molar-refractivity contribution is 0.592. The van der Waals surface area contributed by atoms with Crippen LogP contribution in [0.5, 0.6) is 0 Å². The maximum absolute atomic E-state index is 16.0. The van der Waals surface area contributed by atoms with Crippen LogP contribution in [-0.2, 0) is 4.57 Å². The largest absolute Gasteiger partial charge is 0.307 e. The van der Waals surface area contributed by atoms with Crippen LogP contribution in [0.3, 0.4) is 0 Å². The Morgan fingerprint density at radius 1 is 0.400 bits per heavy atom. The summed E-state index contributed by atoms with van der Waals surface area (Å²) < 4.78 is 16.0. The second-order valence-electron chi connectivity index (χ2n) is 10.7. The van der Waals surface area contributed by atoms with Gasteiger partial charge in [-0.25, -0.2) is 0 Å². The quantitative estimate of drug-likeness (QED) is 0.170. The fourth-order valence-corrected chi connectivity index (χ4v) is 9.80. The van der Waals surface area contributed by atoms with Crippen molar-refractivity contribution in [1.29, 1.82) is 0 Å². The Labute approximate surface area is 230 Å². The van der Waals surface area contributed by atoms with Crippen LogP contribution in [0.25, 0.3) is 64.6 Å². The van der Waals surface area contributed by atoms with E-state index in [0.717, 1.165) is 32.2 Å². The van der Waals surface area contributed by atoms with E-state index in [1.54, 1.807) is 6.20 Å². The zero-order chi connectivity index (χ0) is 26.4. The first-order chi connectivity index (χ1) is 19.7. The fourth-order valence-electron chi connectivity index (χ4n) is 6.91. The second kappa shape index (κ2) is 7.88. The average molecular weight is 528 g/mol. The summed E-state index contributed by atoms with van der Waals surface area (Å²) in [6, 6.07) is 44.4. The zero-order valence-electron chi connectivity index (χ0n) is 21.5. The molecule has 0 fully saturated rings. The summed E-state index contributed by atoms with van der Waals surface area (Å²) in [6.45, 7) is 0. The monoisotopic (exact) mass is 527 g/mol. The molecule has 0 aliphatic rings. The molecule has 0 N–H and O–H groups in total. The summed E-state index contributed by atoms with van der Waals surface area (Å²) in [5.41, 5.74) is 0.611. The average Bonchev–Trinajstić information content (AvgIpc) is 3.02. The van der Waals surface area contributed by atoms with Crippen LogP contribution in [0, 0.1) is 0 Å². The summed E-state index contributed by atoms with van der Waals surface area (Å²) in [6.07, 6.45) is 1.76. The first kappa shape index (κ1) is 22.1. The van der Waals surface area contributed by atoms with E-state index in [1.165, 1.54) is 43.1 Å². The van der Waals surface area contributed by atoms with Gasteiger partial charge in [-0.05, 0) is 88.9 Å².